The normalized spacial score (nSPS) is 10.9. The van der Waals surface area contributed by atoms with Gasteiger partial charge in [-0.05, 0) is 90.1 Å². The Morgan fingerprint density at radius 1 is 0.761 bits per heavy atom. The van der Waals surface area contributed by atoms with Crippen molar-refractivity contribution in [3.63, 3.8) is 0 Å². The first kappa shape index (κ1) is 32.0. The number of benzene rings is 5. The predicted molar refractivity (Wildman–Crippen MR) is 182 cm³/mol. The van der Waals surface area contributed by atoms with E-state index in [0.717, 1.165) is 38.3 Å². The monoisotopic (exact) mass is 631 g/mol. The summed E-state index contributed by atoms with van der Waals surface area (Å²) in [5, 5.41) is 19.8. The van der Waals surface area contributed by atoms with Crippen LogP contribution in [0.15, 0.2) is 120 Å². The first-order valence-electron chi connectivity index (χ1n) is 14.5. The summed E-state index contributed by atoms with van der Waals surface area (Å²) in [5.74, 6) is -2.35. The summed E-state index contributed by atoms with van der Waals surface area (Å²) >= 11 is 1.45. The quantitative estimate of drug-likeness (QED) is 0.134. The lowest BCUT2D eigenvalue weighted by Crippen LogP contribution is -2.36. The fourth-order valence-electron chi connectivity index (χ4n) is 4.97. The Kier molecular flexibility index (Phi) is 9.85. The summed E-state index contributed by atoms with van der Waals surface area (Å²) in [5.41, 5.74) is 11.9. The number of carboxylic acid groups (broad SMARTS) is 1. The zero-order valence-electron chi connectivity index (χ0n) is 25.4. The zero-order chi connectivity index (χ0) is 32.8. The molecule has 0 heterocycles. The van der Waals surface area contributed by atoms with Gasteiger partial charge < -0.3 is 20.8 Å². The summed E-state index contributed by atoms with van der Waals surface area (Å²) in [6.45, 7) is 2.30. The molecule has 0 saturated heterocycles. The Hall–Kier alpha value is -5.38. The van der Waals surface area contributed by atoms with Crippen LogP contribution in [0.3, 0.4) is 0 Å². The number of primary amides is 1. The summed E-state index contributed by atoms with van der Waals surface area (Å²) < 4.78 is 1.84. The van der Waals surface area contributed by atoms with Crippen LogP contribution < -0.4 is 10.6 Å². The molecule has 0 bridgehead atoms. The predicted octanol–water partition coefficient (Wildman–Crippen LogP) is 7.00. The number of likely N-dealkylation sites (N-methyl/N-ethyl adjacent to an activating group) is 1. The van der Waals surface area contributed by atoms with Crippen LogP contribution in [-0.4, -0.2) is 45.9 Å². The number of carbonyl (C=O) groups excluding carboxylic acids is 2. The lowest BCUT2D eigenvalue weighted by Gasteiger charge is -2.26. The molecule has 0 aliphatic carbocycles. The molecule has 0 spiro atoms. The molecule has 8 nitrogen and oxygen atoms in total. The molecule has 9 heteroatoms. The van der Waals surface area contributed by atoms with Gasteiger partial charge in [0.15, 0.2) is 0 Å². The highest BCUT2D eigenvalue weighted by Gasteiger charge is 2.21. The van der Waals surface area contributed by atoms with Crippen molar-refractivity contribution in [3.8, 4) is 28.0 Å². The molecule has 5 rings (SSSR count). The van der Waals surface area contributed by atoms with Gasteiger partial charge in [-0.3, -0.25) is 9.59 Å². The Labute approximate surface area is 271 Å². The summed E-state index contributed by atoms with van der Waals surface area (Å²) in [6.07, 6.45) is 0. The minimum Gasteiger partial charge on any atom is -0.507 e. The molecule has 0 radical (unpaired) electrons. The summed E-state index contributed by atoms with van der Waals surface area (Å²) in [7, 11) is 1.83. The van der Waals surface area contributed by atoms with Gasteiger partial charge in [-0.2, -0.15) is 0 Å². The maximum Gasteiger partial charge on any atom is 0.339 e. The minimum absolute atomic E-state index is 0.0762. The van der Waals surface area contributed by atoms with E-state index in [1.54, 1.807) is 23.1 Å². The molecule has 0 aliphatic rings. The number of rotatable bonds is 11. The van der Waals surface area contributed by atoms with Crippen LogP contribution in [0.2, 0.25) is 0 Å². The largest absolute Gasteiger partial charge is 0.507 e. The lowest BCUT2D eigenvalue weighted by atomic mass is 9.98. The fourth-order valence-corrected chi connectivity index (χ4v) is 5.76. The minimum atomic E-state index is -1.25. The average Bonchev–Trinajstić information content (AvgIpc) is 3.05. The molecule has 0 atom stereocenters. The third-order valence-corrected chi connectivity index (χ3v) is 8.38. The summed E-state index contributed by atoms with van der Waals surface area (Å²) in [6, 6.07) is 35.2. The maximum absolute atomic E-state index is 13.7. The molecule has 4 N–H and O–H groups in total. The highest BCUT2D eigenvalue weighted by molar-refractivity contribution is 7.97. The third-order valence-electron chi connectivity index (χ3n) is 7.46. The van der Waals surface area contributed by atoms with Crippen molar-refractivity contribution in [3.05, 3.63) is 138 Å². The molecule has 0 fully saturated rings. The Bertz CT molecular complexity index is 1870. The van der Waals surface area contributed by atoms with E-state index in [4.69, 9.17) is 5.73 Å². The van der Waals surface area contributed by atoms with Gasteiger partial charge in [-0.1, -0.05) is 78.4 Å². The number of amides is 2. The van der Waals surface area contributed by atoms with Crippen molar-refractivity contribution >= 4 is 35.4 Å². The second kappa shape index (κ2) is 14.2. The van der Waals surface area contributed by atoms with Crippen LogP contribution in [-0.2, 0) is 11.3 Å². The number of nitrogens with zero attached hydrogens (tertiary/aromatic N) is 2. The molecule has 5 aromatic carbocycles. The first-order valence-corrected chi connectivity index (χ1v) is 15.3. The van der Waals surface area contributed by atoms with Crippen molar-refractivity contribution in [2.45, 2.75) is 18.4 Å². The van der Waals surface area contributed by atoms with Gasteiger partial charge in [-0.25, -0.2) is 9.10 Å². The molecular formula is C37H33N3O5S. The standard InChI is InChI=1S/C37H33N3O5S/c1-24-6-17-32(18-7-24)46-39(2)23-35(42)40(31-16-19-33(37(44)45)34(41)21-31)22-25-8-10-26(11-9-25)27-12-14-28(15-13-27)29-4-3-5-30(20-29)36(38)43/h3-21,41H,22-23H2,1-2H3,(H2,38,43)(H,44,45). The van der Waals surface area contributed by atoms with E-state index in [1.165, 1.54) is 30.1 Å². The van der Waals surface area contributed by atoms with E-state index >= 15 is 0 Å². The van der Waals surface area contributed by atoms with Gasteiger partial charge in [-0.15, -0.1) is 0 Å². The molecule has 0 saturated carbocycles. The van der Waals surface area contributed by atoms with Crippen molar-refractivity contribution in [1.82, 2.24) is 4.31 Å². The zero-order valence-corrected chi connectivity index (χ0v) is 26.2. The molecule has 0 unspecified atom stereocenters. The van der Waals surface area contributed by atoms with E-state index in [2.05, 4.69) is 0 Å². The van der Waals surface area contributed by atoms with Gasteiger partial charge in [0.25, 0.3) is 0 Å². The highest BCUT2D eigenvalue weighted by atomic mass is 32.2. The van der Waals surface area contributed by atoms with E-state index in [9.17, 15) is 24.6 Å². The molecule has 5 aromatic rings. The van der Waals surface area contributed by atoms with Crippen LogP contribution in [0.4, 0.5) is 5.69 Å². The molecule has 2 amide bonds. The van der Waals surface area contributed by atoms with Crippen LogP contribution in [0.5, 0.6) is 5.75 Å². The number of hydrogen-bond acceptors (Lipinski definition) is 6. The molecule has 0 aromatic heterocycles. The van der Waals surface area contributed by atoms with Crippen LogP contribution >= 0.6 is 11.9 Å². The number of aromatic hydroxyl groups is 1. The van der Waals surface area contributed by atoms with Crippen LogP contribution in [0.1, 0.15) is 31.8 Å². The molecule has 232 valence electrons. The Morgan fingerprint density at radius 3 is 1.96 bits per heavy atom. The smallest absolute Gasteiger partial charge is 0.339 e. The molecule has 46 heavy (non-hydrogen) atoms. The topological polar surface area (TPSA) is 124 Å². The van der Waals surface area contributed by atoms with E-state index < -0.39 is 17.6 Å². The van der Waals surface area contributed by atoms with Crippen molar-refractivity contribution < 1.29 is 24.6 Å². The van der Waals surface area contributed by atoms with Crippen molar-refractivity contribution in [2.75, 3.05) is 18.5 Å². The van der Waals surface area contributed by atoms with E-state index in [1.807, 2.05) is 97.1 Å². The number of anilines is 1. The van der Waals surface area contributed by atoms with Gasteiger partial charge in [0.05, 0.1) is 13.1 Å². The maximum atomic E-state index is 13.7. The SMILES string of the molecule is Cc1ccc(SN(C)CC(=O)N(Cc2ccc(-c3ccc(-c4cccc(C(N)=O)c4)cc3)cc2)c2ccc(C(=O)O)c(O)c2)cc1. The Balaban J connectivity index is 1.34. The van der Waals surface area contributed by atoms with E-state index in [-0.39, 0.29) is 24.6 Å². The van der Waals surface area contributed by atoms with Gasteiger partial charge in [0, 0.05) is 22.2 Å². The molecular weight excluding hydrogens is 598 g/mol. The second-order valence-electron chi connectivity index (χ2n) is 10.9. The number of nitrogens with two attached hydrogens (primary N) is 1. The highest BCUT2D eigenvalue weighted by Crippen LogP contribution is 2.29. The fraction of sp³-hybridized carbons (Fsp3) is 0.108. The first-order chi connectivity index (χ1) is 22.1. The number of aryl methyl sites for hydroxylation is 1. The molecule has 0 aliphatic heterocycles. The van der Waals surface area contributed by atoms with Gasteiger partial charge in [0.2, 0.25) is 11.8 Å². The average molecular weight is 632 g/mol. The van der Waals surface area contributed by atoms with E-state index in [0.29, 0.717) is 11.3 Å². The summed E-state index contributed by atoms with van der Waals surface area (Å²) in [4.78, 5) is 39.3. The number of carbonyl (C=O) groups is 3. The van der Waals surface area contributed by atoms with Gasteiger partial charge >= 0.3 is 5.97 Å². The van der Waals surface area contributed by atoms with Crippen molar-refractivity contribution in [2.24, 2.45) is 5.73 Å². The number of phenols is 1. The van der Waals surface area contributed by atoms with Gasteiger partial charge in [0.1, 0.15) is 11.3 Å². The number of aromatic carboxylic acids is 1. The third kappa shape index (κ3) is 7.82. The Morgan fingerprint density at radius 2 is 1.37 bits per heavy atom. The van der Waals surface area contributed by atoms with Crippen LogP contribution in [0.25, 0.3) is 22.3 Å². The number of carboxylic acids is 1. The number of hydrogen-bond donors (Lipinski definition) is 3. The lowest BCUT2D eigenvalue weighted by molar-refractivity contribution is -0.118. The second-order valence-corrected chi connectivity index (χ2v) is 12.2. The van der Waals surface area contributed by atoms with Crippen molar-refractivity contribution in [1.29, 1.82) is 0 Å². The van der Waals surface area contributed by atoms with Crippen LogP contribution in [0, 0.1) is 6.92 Å².